The number of benzene rings is 2. The van der Waals surface area contributed by atoms with Crippen LogP contribution in [-0.2, 0) is 11.2 Å². The highest BCUT2D eigenvalue weighted by atomic mass is 16.5. The van der Waals surface area contributed by atoms with E-state index in [0.717, 1.165) is 17.7 Å². The predicted molar refractivity (Wildman–Crippen MR) is 105 cm³/mol. The van der Waals surface area contributed by atoms with Crippen molar-refractivity contribution in [3.8, 4) is 11.5 Å². The Morgan fingerprint density at radius 2 is 1.93 bits per heavy atom. The van der Waals surface area contributed by atoms with Crippen molar-refractivity contribution in [2.45, 2.75) is 26.2 Å². The second-order valence-corrected chi connectivity index (χ2v) is 6.41. The first kappa shape index (κ1) is 18.8. The summed E-state index contributed by atoms with van der Waals surface area (Å²) in [5.41, 5.74) is 3.14. The van der Waals surface area contributed by atoms with Gasteiger partial charge in [-0.3, -0.25) is 9.59 Å². The number of rotatable bonds is 6. The molecule has 0 spiro atoms. The van der Waals surface area contributed by atoms with Crippen molar-refractivity contribution in [3.05, 3.63) is 47.5 Å². The van der Waals surface area contributed by atoms with E-state index in [-0.39, 0.29) is 11.8 Å². The zero-order chi connectivity index (χ0) is 19.4. The summed E-state index contributed by atoms with van der Waals surface area (Å²) in [5.74, 6) is 0.971. The van der Waals surface area contributed by atoms with Gasteiger partial charge in [0.15, 0.2) is 0 Å². The summed E-state index contributed by atoms with van der Waals surface area (Å²) in [6.07, 6.45) is 2.08. The molecule has 0 radical (unpaired) electrons. The van der Waals surface area contributed by atoms with Gasteiger partial charge in [0.25, 0.3) is 5.91 Å². The number of aryl methyl sites for hydroxylation is 1. The van der Waals surface area contributed by atoms with E-state index in [1.807, 2.05) is 23.1 Å². The molecule has 6 heteroatoms. The van der Waals surface area contributed by atoms with E-state index in [4.69, 9.17) is 9.47 Å². The van der Waals surface area contributed by atoms with E-state index >= 15 is 0 Å². The molecular formula is C21H24N2O4. The van der Waals surface area contributed by atoms with Gasteiger partial charge < -0.3 is 19.7 Å². The lowest BCUT2D eigenvalue weighted by Crippen LogP contribution is -2.35. The monoisotopic (exact) mass is 368 g/mol. The summed E-state index contributed by atoms with van der Waals surface area (Å²) in [4.78, 5) is 26.7. The lowest BCUT2D eigenvalue weighted by atomic mass is 10.00. The number of fused-ring (bicyclic) bond motifs is 1. The molecule has 27 heavy (non-hydrogen) atoms. The van der Waals surface area contributed by atoms with E-state index in [2.05, 4.69) is 12.2 Å². The molecule has 1 heterocycles. The molecule has 1 aliphatic heterocycles. The maximum absolute atomic E-state index is 12.7. The van der Waals surface area contributed by atoms with Gasteiger partial charge in [0, 0.05) is 30.4 Å². The normalized spacial score (nSPS) is 13.1. The first-order valence-electron chi connectivity index (χ1n) is 9.04. The van der Waals surface area contributed by atoms with Crippen LogP contribution < -0.4 is 19.7 Å². The van der Waals surface area contributed by atoms with Crippen LogP contribution in [-0.4, -0.2) is 32.6 Å². The summed E-state index contributed by atoms with van der Waals surface area (Å²) in [5, 5.41) is 2.92. The van der Waals surface area contributed by atoms with Crippen LogP contribution in [0.2, 0.25) is 0 Å². The Balaban J connectivity index is 1.83. The van der Waals surface area contributed by atoms with Crippen LogP contribution in [0, 0.1) is 0 Å². The van der Waals surface area contributed by atoms with Crippen molar-refractivity contribution in [3.63, 3.8) is 0 Å². The minimum Gasteiger partial charge on any atom is -0.497 e. The van der Waals surface area contributed by atoms with Crippen LogP contribution in [0.3, 0.4) is 0 Å². The number of hydrogen-bond acceptors (Lipinski definition) is 4. The highest BCUT2D eigenvalue weighted by Gasteiger charge is 2.24. The Hall–Kier alpha value is -3.02. The zero-order valence-electron chi connectivity index (χ0n) is 15.9. The Morgan fingerprint density at radius 1 is 1.11 bits per heavy atom. The van der Waals surface area contributed by atoms with Gasteiger partial charge in [-0.1, -0.05) is 6.92 Å². The van der Waals surface area contributed by atoms with Gasteiger partial charge in [0.05, 0.1) is 19.8 Å². The Labute approximate surface area is 159 Å². The van der Waals surface area contributed by atoms with Crippen molar-refractivity contribution >= 4 is 23.2 Å². The molecule has 0 fully saturated rings. The van der Waals surface area contributed by atoms with Gasteiger partial charge in [-0.15, -0.1) is 0 Å². The van der Waals surface area contributed by atoms with Crippen LogP contribution in [0.25, 0.3) is 0 Å². The number of amides is 2. The molecule has 0 bridgehead atoms. The van der Waals surface area contributed by atoms with Crippen molar-refractivity contribution < 1.29 is 19.1 Å². The van der Waals surface area contributed by atoms with E-state index in [0.29, 0.717) is 42.1 Å². The summed E-state index contributed by atoms with van der Waals surface area (Å²) >= 11 is 0. The predicted octanol–water partition coefficient (Wildman–Crippen LogP) is 3.65. The average Bonchev–Trinajstić information content (AvgIpc) is 2.69. The molecule has 2 aromatic rings. The second-order valence-electron chi connectivity index (χ2n) is 6.41. The third-order valence-corrected chi connectivity index (χ3v) is 4.64. The highest BCUT2D eigenvalue weighted by Crippen LogP contribution is 2.31. The number of nitrogens with one attached hydrogen (secondary N) is 1. The maximum Gasteiger partial charge on any atom is 0.259 e. The first-order chi connectivity index (χ1) is 13.1. The largest absolute Gasteiger partial charge is 0.497 e. The topological polar surface area (TPSA) is 67.9 Å². The fourth-order valence-corrected chi connectivity index (χ4v) is 3.29. The SMILES string of the molecule is CCCN1C(=O)CCc2cc(NC(=O)c3ccc(OC)cc3OC)ccc21. The van der Waals surface area contributed by atoms with Crippen LogP contribution in [0.5, 0.6) is 11.5 Å². The molecule has 0 unspecified atom stereocenters. The number of ether oxygens (including phenoxy) is 2. The highest BCUT2D eigenvalue weighted by molar-refractivity contribution is 6.06. The Morgan fingerprint density at radius 3 is 2.63 bits per heavy atom. The van der Waals surface area contributed by atoms with E-state index in [9.17, 15) is 9.59 Å². The maximum atomic E-state index is 12.7. The molecule has 3 rings (SSSR count). The standard InChI is InChI=1S/C21H24N2O4/c1-4-11-23-18-9-6-15(12-14(18)5-10-20(23)24)22-21(25)17-8-7-16(26-2)13-19(17)27-3/h6-9,12-13H,4-5,10-11H2,1-3H3,(H,22,25). The van der Waals surface area contributed by atoms with E-state index < -0.39 is 0 Å². The summed E-state index contributed by atoms with van der Waals surface area (Å²) in [7, 11) is 3.08. The van der Waals surface area contributed by atoms with Crippen molar-refractivity contribution in [1.29, 1.82) is 0 Å². The number of hydrogen-bond donors (Lipinski definition) is 1. The molecule has 142 valence electrons. The quantitative estimate of drug-likeness (QED) is 0.845. The number of carbonyl (C=O) groups excluding carboxylic acids is 2. The van der Waals surface area contributed by atoms with Gasteiger partial charge in [-0.2, -0.15) is 0 Å². The fraction of sp³-hybridized carbons (Fsp3) is 0.333. The minimum atomic E-state index is -0.258. The lowest BCUT2D eigenvalue weighted by Gasteiger charge is -2.29. The lowest BCUT2D eigenvalue weighted by molar-refractivity contribution is -0.118. The fourth-order valence-electron chi connectivity index (χ4n) is 3.29. The van der Waals surface area contributed by atoms with Crippen molar-refractivity contribution in [2.75, 3.05) is 31.0 Å². The third-order valence-electron chi connectivity index (χ3n) is 4.64. The zero-order valence-corrected chi connectivity index (χ0v) is 15.9. The smallest absolute Gasteiger partial charge is 0.259 e. The Bertz CT molecular complexity index is 863. The summed E-state index contributed by atoms with van der Waals surface area (Å²) < 4.78 is 10.5. The molecular weight excluding hydrogens is 344 g/mol. The molecule has 0 aromatic heterocycles. The molecule has 0 aliphatic carbocycles. The molecule has 0 saturated carbocycles. The van der Waals surface area contributed by atoms with Crippen LogP contribution in [0.4, 0.5) is 11.4 Å². The van der Waals surface area contributed by atoms with E-state index in [1.54, 1.807) is 25.3 Å². The molecule has 0 saturated heterocycles. The van der Waals surface area contributed by atoms with Crippen LogP contribution in [0.15, 0.2) is 36.4 Å². The number of carbonyl (C=O) groups is 2. The second kappa shape index (κ2) is 8.12. The number of nitrogens with zero attached hydrogens (tertiary/aromatic N) is 1. The van der Waals surface area contributed by atoms with Gasteiger partial charge >= 0.3 is 0 Å². The first-order valence-corrected chi connectivity index (χ1v) is 9.04. The van der Waals surface area contributed by atoms with Crippen LogP contribution in [0.1, 0.15) is 35.7 Å². The average molecular weight is 368 g/mol. The number of methoxy groups -OCH3 is 2. The van der Waals surface area contributed by atoms with E-state index in [1.165, 1.54) is 7.11 Å². The van der Waals surface area contributed by atoms with Crippen LogP contribution >= 0.6 is 0 Å². The molecule has 0 atom stereocenters. The van der Waals surface area contributed by atoms with Gasteiger partial charge in [0.1, 0.15) is 11.5 Å². The minimum absolute atomic E-state index is 0.157. The van der Waals surface area contributed by atoms with Gasteiger partial charge in [0.2, 0.25) is 5.91 Å². The molecule has 1 N–H and O–H groups in total. The van der Waals surface area contributed by atoms with Gasteiger partial charge in [-0.05, 0) is 48.7 Å². The molecule has 2 amide bonds. The van der Waals surface area contributed by atoms with Crippen molar-refractivity contribution in [1.82, 2.24) is 0 Å². The third kappa shape index (κ3) is 3.89. The summed E-state index contributed by atoms with van der Waals surface area (Å²) in [6.45, 7) is 2.76. The van der Waals surface area contributed by atoms with Gasteiger partial charge in [-0.25, -0.2) is 0 Å². The van der Waals surface area contributed by atoms with Crippen molar-refractivity contribution in [2.24, 2.45) is 0 Å². The number of anilines is 2. The molecule has 1 aliphatic rings. The summed E-state index contributed by atoms with van der Waals surface area (Å²) in [6, 6.07) is 10.7. The molecule has 6 nitrogen and oxygen atoms in total. The molecule has 2 aromatic carbocycles. The Kier molecular flexibility index (Phi) is 5.64.